The topological polar surface area (TPSA) is 44.4 Å². The number of rotatable bonds is 3. The van der Waals surface area contributed by atoms with Gasteiger partial charge >= 0.3 is 6.03 Å². The Morgan fingerprint density at radius 3 is 2.71 bits per heavy atom. The number of hydrogen-bond donors (Lipinski definition) is 2. The van der Waals surface area contributed by atoms with E-state index in [1.807, 2.05) is 0 Å². The molecule has 1 unspecified atom stereocenters. The number of carbonyl (C=O) groups excluding carboxylic acids is 1. The Kier molecular flexibility index (Phi) is 4.70. The monoisotopic (exact) mass is 289 g/mol. The van der Waals surface area contributed by atoms with Crippen LogP contribution < -0.4 is 10.6 Å². The summed E-state index contributed by atoms with van der Waals surface area (Å²) < 4.78 is 0. The minimum absolute atomic E-state index is 0.0121. The number of amides is 2. The average Bonchev–Trinajstić information content (AvgIpc) is 2.54. The van der Waals surface area contributed by atoms with Crippen LogP contribution in [0.2, 0.25) is 0 Å². The van der Waals surface area contributed by atoms with E-state index in [-0.39, 0.29) is 6.03 Å². The number of urea groups is 1. The fourth-order valence-electron chi connectivity index (χ4n) is 4.23. The molecule has 4 heteroatoms. The molecule has 116 valence electrons. The molecule has 2 amide bonds. The van der Waals surface area contributed by atoms with Crippen molar-refractivity contribution in [2.24, 2.45) is 11.8 Å². The van der Waals surface area contributed by atoms with Crippen LogP contribution in [0.15, 0.2) is 0 Å². The highest BCUT2D eigenvalue weighted by Crippen LogP contribution is 2.35. The van der Waals surface area contributed by atoms with E-state index >= 15 is 0 Å². The molecular weight excluding hydrogens is 262 g/mol. The van der Waals surface area contributed by atoms with Crippen molar-refractivity contribution in [3.63, 3.8) is 0 Å². The van der Waals surface area contributed by atoms with Crippen molar-refractivity contribution in [3.8, 4) is 12.3 Å². The number of fused-ring (bicyclic) bond motifs is 3. The molecule has 1 aliphatic carbocycles. The fourth-order valence-corrected chi connectivity index (χ4v) is 4.23. The lowest BCUT2D eigenvalue weighted by molar-refractivity contribution is 0.0239. The van der Waals surface area contributed by atoms with E-state index in [4.69, 9.17) is 6.42 Å². The molecule has 3 aliphatic heterocycles. The van der Waals surface area contributed by atoms with Gasteiger partial charge in [0.05, 0.1) is 0 Å². The van der Waals surface area contributed by atoms with Crippen LogP contribution in [0.3, 0.4) is 0 Å². The lowest BCUT2D eigenvalue weighted by atomic mass is 9.76. The fraction of sp³-hybridized carbons (Fsp3) is 0.824. The Balaban J connectivity index is 1.41. The van der Waals surface area contributed by atoms with Crippen LogP contribution in [0.25, 0.3) is 0 Å². The summed E-state index contributed by atoms with van der Waals surface area (Å²) in [6.07, 6.45) is 14.0. The minimum atomic E-state index is 0.0121. The standard InChI is InChI=1S/C17H27N3O/c1-2-13-12-20-9-8-14(13)10-16(20)11-18-17(21)19-15-6-4-3-5-7-15/h1,13-16H,3-12H2,(H2,18,19,21)/t13-,14-,16+/m0/s1. The Hall–Kier alpha value is -1.21. The Bertz CT molecular complexity index is 411. The maximum atomic E-state index is 12.0. The van der Waals surface area contributed by atoms with Crippen LogP contribution in [-0.2, 0) is 0 Å². The molecule has 3 saturated heterocycles. The van der Waals surface area contributed by atoms with Crippen molar-refractivity contribution in [2.75, 3.05) is 19.6 Å². The molecule has 4 aliphatic rings. The Morgan fingerprint density at radius 2 is 2.05 bits per heavy atom. The van der Waals surface area contributed by atoms with Crippen molar-refractivity contribution in [1.82, 2.24) is 15.5 Å². The smallest absolute Gasteiger partial charge is 0.315 e. The lowest BCUT2D eigenvalue weighted by Gasteiger charge is -2.48. The van der Waals surface area contributed by atoms with Gasteiger partial charge in [-0.05, 0) is 38.1 Å². The van der Waals surface area contributed by atoms with Gasteiger partial charge in [-0.25, -0.2) is 4.79 Å². The number of hydrogen-bond acceptors (Lipinski definition) is 2. The van der Waals surface area contributed by atoms with Crippen LogP contribution in [0.4, 0.5) is 4.79 Å². The van der Waals surface area contributed by atoms with Gasteiger partial charge in [-0.3, -0.25) is 4.90 Å². The van der Waals surface area contributed by atoms with E-state index in [2.05, 4.69) is 21.5 Å². The summed E-state index contributed by atoms with van der Waals surface area (Å²) in [4.78, 5) is 14.5. The summed E-state index contributed by atoms with van der Waals surface area (Å²) in [7, 11) is 0. The third-order valence-corrected chi connectivity index (χ3v) is 5.53. The predicted molar refractivity (Wildman–Crippen MR) is 83.8 cm³/mol. The first-order valence-corrected chi connectivity index (χ1v) is 8.51. The average molecular weight is 289 g/mol. The molecule has 0 aromatic carbocycles. The van der Waals surface area contributed by atoms with Gasteiger partial charge in [0.25, 0.3) is 0 Å². The molecule has 1 saturated carbocycles. The van der Waals surface area contributed by atoms with E-state index in [0.29, 0.717) is 23.9 Å². The van der Waals surface area contributed by atoms with Crippen molar-refractivity contribution >= 4 is 6.03 Å². The summed E-state index contributed by atoms with van der Waals surface area (Å²) in [6.45, 7) is 2.91. The first-order chi connectivity index (χ1) is 10.3. The van der Waals surface area contributed by atoms with Crippen LogP contribution in [0.5, 0.6) is 0 Å². The van der Waals surface area contributed by atoms with Crippen LogP contribution in [-0.4, -0.2) is 42.6 Å². The number of nitrogens with one attached hydrogen (secondary N) is 2. The van der Waals surface area contributed by atoms with Crippen LogP contribution >= 0.6 is 0 Å². The Morgan fingerprint density at radius 1 is 1.24 bits per heavy atom. The normalized spacial score (nSPS) is 36.0. The van der Waals surface area contributed by atoms with Crippen LogP contribution in [0, 0.1) is 24.2 Å². The number of piperidine rings is 3. The molecule has 0 radical (unpaired) electrons. The highest BCUT2D eigenvalue weighted by molar-refractivity contribution is 5.74. The summed E-state index contributed by atoms with van der Waals surface area (Å²) >= 11 is 0. The van der Waals surface area contributed by atoms with Gasteiger partial charge in [0.1, 0.15) is 0 Å². The molecule has 2 bridgehead atoms. The van der Waals surface area contributed by atoms with Crippen molar-refractivity contribution in [2.45, 2.75) is 57.0 Å². The molecule has 3 heterocycles. The summed E-state index contributed by atoms with van der Waals surface area (Å²) in [5.74, 6) is 4.02. The molecular formula is C17H27N3O. The third-order valence-electron chi connectivity index (χ3n) is 5.53. The van der Waals surface area contributed by atoms with Gasteiger partial charge in [0.15, 0.2) is 0 Å². The van der Waals surface area contributed by atoms with Crippen molar-refractivity contribution in [1.29, 1.82) is 0 Å². The summed E-state index contributed by atoms with van der Waals surface area (Å²) in [6, 6.07) is 0.871. The molecule has 4 fully saturated rings. The first kappa shape index (κ1) is 14.7. The second-order valence-corrected chi connectivity index (χ2v) is 6.90. The van der Waals surface area contributed by atoms with E-state index < -0.39 is 0 Å². The SMILES string of the molecule is C#C[C@H]1CN2CC[C@H]1C[C@@H]2CNC(=O)NC1CCCCC1. The second kappa shape index (κ2) is 6.70. The van der Waals surface area contributed by atoms with E-state index in [1.165, 1.54) is 25.7 Å². The van der Waals surface area contributed by atoms with Gasteiger partial charge in [0.2, 0.25) is 0 Å². The predicted octanol–water partition coefficient (Wildman–Crippen LogP) is 1.96. The van der Waals surface area contributed by atoms with Gasteiger partial charge in [0, 0.05) is 31.1 Å². The summed E-state index contributed by atoms with van der Waals surface area (Å²) in [5, 5.41) is 6.20. The molecule has 0 spiro atoms. The lowest BCUT2D eigenvalue weighted by Crippen LogP contribution is -2.57. The van der Waals surface area contributed by atoms with Crippen LogP contribution in [0.1, 0.15) is 44.9 Å². The van der Waals surface area contributed by atoms with Crippen molar-refractivity contribution < 1.29 is 4.79 Å². The first-order valence-electron chi connectivity index (χ1n) is 8.51. The molecule has 21 heavy (non-hydrogen) atoms. The van der Waals surface area contributed by atoms with E-state index in [9.17, 15) is 4.79 Å². The number of carbonyl (C=O) groups is 1. The molecule has 0 aromatic heterocycles. The van der Waals surface area contributed by atoms with Gasteiger partial charge in [-0.15, -0.1) is 12.3 Å². The minimum Gasteiger partial charge on any atom is -0.337 e. The Labute approximate surface area is 128 Å². The highest BCUT2D eigenvalue weighted by atomic mass is 16.2. The molecule has 4 nitrogen and oxygen atoms in total. The number of nitrogens with zero attached hydrogens (tertiary/aromatic N) is 1. The zero-order valence-electron chi connectivity index (χ0n) is 12.8. The van der Waals surface area contributed by atoms with Gasteiger partial charge in [-0.2, -0.15) is 0 Å². The molecule has 0 aromatic rings. The largest absolute Gasteiger partial charge is 0.337 e. The maximum Gasteiger partial charge on any atom is 0.315 e. The molecule has 4 rings (SSSR count). The second-order valence-electron chi connectivity index (χ2n) is 6.90. The molecule has 4 atom stereocenters. The molecule has 2 N–H and O–H groups in total. The van der Waals surface area contributed by atoms with Gasteiger partial charge < -0.3 is 10.6 Å². The zero-order valence-corrected chi connectivity index (χ0v) is 12.8. The third kappa shape index (κ3) is 3.52. The van der Waals surface area contributed by atoms with E-state index in [1.54, 1.807) is 0 Å². The summed E-state index contributed by atoms with van der Waals surface area (Å²) in [5.41, 5.74) is 0. The van der Waals surface area contributed by atoms with Crippen molar-refractivity contribution in [3.05, 3.63) is 0 Å². The van der Waals surface area contributed by atoms with Gasteiger partial charge in [-0.1, -0.05) is 19.3 Å². The maximum absolute atomic E-state index is 12.0. The zero-order chi connectivity index (χ0) is 14.7. The highest BCUT2D eigenvalue weighted by Gasteiger charge is 2.39. The van der Waals surface area contributed by atoms with E-state index in [0.717, 1.165) is 38.9 Å². The quantitative estimate of drug-likeness (QED) is 0.780. The number of terminal acetylenes is 1.